The lowest BCUT2D eigenvalue weighted by Crippen LogP contribution is -2.34. The van der Waals surface area contributed by atoms with Gasteiger partial charge in [0.2, 0.25) is 10.0 Å². The van der Waals surface area contributed by atoms with Gasteiger partial charge in [0.05, 0.1) is 24.5 Å². The molecule has 1 unspecified atom stereocenters. The van der Waals surface area contributed by atoms with E-state index in [1.807, 2.05) is 13.0 Å². The monoisotopic (exact) mass is 444 g/mol. The number of benzene rings is 2. The van der Waals surface area contributed by atoms with Gasteiger partial charge in [-0.3, -0.25) is 4.72 Å². The summed E-state index contributed by atoms with van der Waals surface area (Å²) in [4.78, 5) is 4.21. The third-order valence-electron chi connectivity index (χ3n) is 3.57. The van der Waals surface area contributed by atoms with E-state index in [2.05, 4.69) is 15.0 Å². The SMILES string of the molecule is CC(NC(N)=NCCOc1cccc(NS(C)(=O)=O)c1)c1ccc(Cl)cc1Cl. The van der Waals surface area contributed by atoms with E-state index in [1.54, 1.807) is 36.4 Å². The lowest BCUT2D eigenvalue weighted by atomic mass is 10.1. The largest absolute Gasteiger partial charge is 0.492 e. The van der Waals surface area contributed by atoms with Crippen molar-refractivity contribution < 1.29 is 13.2 Å². The van der Waals surface area contributed by atoms with Crippen molar-refractivity contribution in [2.24, 2.45) is 10.7 Å². The minimum atomic E-state index is -3.34. The van der Waals surface area contributed by atoms with Crippen molar-refractivity contribution in [1.29, 1.82) is 0 Å². The standard InChI is InChI=1S/C18H22Cl2N4O3S/c1-12(16-7-6-13(19)10-17(16)20)23-18(21)22-8-9-27-15-5-3-4-14(11-15)24-28(2,25)26/h3-7,10-12,24H,8-9H2,1-2H3,(H3,21,22,23). The van der Waals surface area contributed by atoms with Gasteiger partial charge in [0, 0.05) is 16.1 Å². The summed E-state index contributed by atoms with van der Waals surface area (Å²) < 4.78 is 30.5. The highest BCUT2D eigenvalue weighted by molar-refractivity contribution is 7.92. The van der Waals surface area contributed by atoms with E-state index >= 15 is 0 Å². The highest BCUT2D eigenvalue weighted by atomic mass is 35.5. The molecule has 2 aromatic carbocycles. The Morgan fingerprint density at radius 1 is 1.25 bits per heavy atom. The molecule has 152 valence electrons. The Morgan fingerprint density at radius 2 is 2.00 bits per heavy atom. The molecule has 2 rings (SSSR count). The summed E-state index contributed by atoms with van der Waals surface area (Å²) in [6, 6.07) is 11.8. The molecule has 0 saturated carbocycles. The van der Waals surface area contributed by atoms with Gasteiger partial charge in [-0.1, -0.05) is 35.3 Å². The summed E-state index contributed by atoms with van der Waals surface area (Å²) in [5.41, 5.74) is 7.19. The van der Waals surface area contributed by atoms with Crippen molar-refractivity contribution >= 4 is 44.9 Å². The third kappa shape index (κ3) is 7.46. The van der Waals surface area contributed by atoms with E-state index in [0.717, 1.165) is 11.8 Å². The molecule has 0 radical (unpaired) electrons. The molecule has 0 heterocycles. The van der Waals surface area contributed by atoms with Crippen LogP contribution in [0.25, 0.3) is 0 Å². The molecular formula is C18H22Cl2N4O3S. The molecule has 7 nitrogen and oxygen atoms in total. The first-order chi connectivity index (χ1) is 13.1. The van der Waals surface area contributed by atoms with Gasteiger partial charge in [0.25, 0.3) is 0 Å². The zero-order valence-electron chi connectivity index (χ0n) is 15.4. The summed E-state index contributed by atoms with van der Waals surface area (Å²) in [6.07, 6.45) is 1.09. The van der Waals surface area contributed by atoms with Crippen molar-refractivity contribution in [3.05, 3.63) is 58.1 Å². The van der Waals surface area contributed by atoms with E-state index < -0.39 is 10.0 Å². The molecular weight excluding hydrogens is 423 g/mol. The Balaban J connectivity index is 1.85. The number of nitrogens with zero attached hydrogens (tertiary/aromatic N) is 1. The van der Waals surface area contributed by atoms with Gasteiger partial charge in [-0.2, -0.15) is 0 Å². The van der Waals surface area contributed by atoms with Crippen molar-refractivity contribution in [1.82, 2.24) is 5.32 Å². The van der Waals surface area contributed by atoms with Crippen LogP contribution in [0.2, 0.25) is 10.0 Å². The van der Waals surface area contributed by atoms with Gasteiger partial charge in [-0.25, -0.2) is 13.4 Å². The maximum atomic E-state index is 11.3. The van der Waals surface area contributed by atoms with Crippen molar-refractivity contribution in [3.63, 3.8) is 0 Å². The second-order valence-electron chi connectivity index (χ2n) is 6.05. The fourth-order valence-corrected chi connectivity index (χ4v) is 3.52. The number of rotatable bonds is 8. The molecule has 0 amide bonds. The lowest BCUT2D eigenvalue weighted by molar-refractivity contribution is 0.328. The van der Waals surface area contributed by atoms with Crippen LogP contribution in [0.3, 0.4) is 0 Å². The molecule has 0 aliphatic carbocycles. The number of hydrogen-bond acceptors (Lipinski definition) is 4. The normalized spacial score (nSPS) is 13.1. The minimum absolute atomic E-state index is 0.145. The zero-order valence-corrected chi connectivity index (χ0v) is 17.8. The number of guanidine groups is 1. The Labute approximate surface area is 174 Å². The smallest absolute Gasteiger partial charge is 0.229 e. The highest BCUT2D eigenvalue weighted by Crippen LogP contribution is 2.25. The maximum Gasteiger partial charge on any atom is 0.229 e. The van der Waals surface area contributed by atoms with Crippen LogP contribution < -0.4 is 20.5 Å². The lowest BCUT2D eigenvalue weighted by Gasteiger charge is -2.16. The predicted octanol–water partition coefficient (Wildman–Crippen LogP) is 3.41. The molecule has 0 bridgehead atoms. The average Bonchev–Trinajstić information content (AvgIpc) is 2.57. The molecule has 0 spiro atoms. The van der Waals surface area contributed by atoms with Gasteiger partial charge >= 0.3 is 0 Å². The Morgan fingerprint density at radius 3 is 2.68 bits per heavy atom. The maximum absolute atomic E-state index is 11.3. The topological polar surface area (TPSA) is 106 Å². The van der Waals surface area contributed by atoms with Crippen molar-refractivity contribution in [2.75, 3.05) is 24.1 Å². The molecule has 0 saturated heterocycles. The number of nitrogens with two attached hydrogens (primary N) is 1. The van der Waals surface area contributed by atoms with Crippen LogP contribution in [0.1, 0.15) is 18.5 Å². The van der Waals surface area contributed by atoms with Crippen LogP contribution in [-0.2, 0) is 10.0 Å². The minimum Gasteiger partial charge on any atom is -0.492 e. The summed E-state index contributed by atoms with van der Waals surface area (Å²) in [7, 11) is -3.34. The van der Waals surface area contributed by atoms with Crippen LogP contribution in [0.4, 0.5) is 5.69 Å². The van der Waals surface area contributed by atoms with Gasteiger partial charge < -0.3 is 15.8 Å². The van der Waals surface area contributed by atoms with Gasteiger partial charge in [-0.15, -0.1) is 0 Å². The quantitative estimate of drug-likeness (QED) is 0.328. The molecule has 0 aliphatic rings. The van der Waals surface area contributed by atoms with Crippen LogP contribution in [-0.4, -0.2) is 33.8 Å². The van der Waals surface area contributed by atoms with Crippen LogP contribution in [0.5, 0.6) is 5.75 Å². The first-order valence-corrected chi connectivity index (χ1v) is 11.0. The van der Waals surface area contributed by atoms with Gasteiger partial charge in [-0.05, 0) is 36.8 Å². The van der Waals surface area contributed by atoms with Crippen LogP contribution in [0.15, 0.2) is 47.5 Å². The number of nitrogens with one attached hydrogen (secondary N) is 2. The molecule has 10 heteroatoms. The number of anilines is 1. The van der Waals surface area contributed by atoms with Gasteiger partial charge in [0.15, 0.2) is 5.96 Å². The number of sulfonamides is 1. The number of hydrogen-bond donors (Lipinski definition) is 3. The van der Waals surface area contributed by atoms with E-state index in [4.69, 9.17) is 33.7 Å². The van der Waals surface area contributed by atoms with E-state index in [0.29, 0.717) is 28.0 Å². The number of ether oxygens (including phenoxy) is 1. The average molecular weight is 445 g/mol. The molecule has 1 atom stereocenters. The molecule has 2 aromatic rings. The van der Waals surface area contributed by atoms with Gasteiger partial charge in [0.1, 0.15) is 12.4 Å². The number of aliphatic imine (C=N–C) groups is 1. The Hall–Kier alpha value is -2.16. The summed E-state index contributed by atoms with van der Waals surface area (Å²) >= 11 is 12.1. The summed E-state index contributed by atoms with van der Waals surface area (Å²) in [5.74, 6) is 0.784. The van der Waals surface area contributed by atoms with E-state index in [9.17, 15) is 8.42 Å². The van der Waals surface area contributed by atoms with Crippen molar-refractivity contribution in [2.45, 2.75) is 13.0 Å². The second kappa shape index (κ2) is 9.86. The molecule has 0 aromatic heterocycles. The zero-order chi connectivity index (χ0) is 20.7. The van der Waals surface area contributed by atoms with Crippen LogP contribution >= 0.6 is 23.2 Å². The second-order valence-corrected chi connectivity index (χ2v) is 8.64. The van der Waals surface area contributed by atoms with E-state index in [-0.39, 0.29) is 18.6 Å². The predicted molar refractivity (Wildman–Crippen MR) is 115 cm³/mol. The molecule has 0 fully saturated rings. The fraction of sp³-hybridized carbons (Fsp3) is 0.278. The Kier molecular flexibility index (Phi) is 7.79. The Bertz CT molecular complexity index is 952. The summed E-state index contributed by atoms with van der Waals surface area (Å²) in [6.45, 7) is 2.51. The van der Waals surface area contributed by atoms with Crippen LogP contribution in [0, 0.1) is 0 Å². The summed E-state index contributed by atoms with van der Waals surface area (Å²) in [5, 5.41) is 4.17. The van der Waals surface area contributed by atoms with Crippen molar-refractivity contribution in [3.8, 4) is 5.75 Å². The number of halogens is 2. The van der Waals surface area contributed by atoms with E-state index in [1.165, 1.54) is 0 Å². The first kappa shape index (κ1) is 22.1. The highest BCUT2D eigenvalue weighted by Gasteiger charge is 2.10. The molecule has 28 heavy (non-hydrogen) atoms. The fourth-order valence-electron chi connectivity index (χ4n) is 2.39. The molecule has 4 N–H and O–H groups in total. The molecule has 0 aliphatic heterocycles. The third-order valence-corrected chi connectivity index (χ3v) is 4.74. The first-order valence-electron chi connectivity index (χ1n) is 8.36.